The van der Waals surface area contributed by atoms with Gasteiger partial charge in [0.15, 0.2) is 17.8 Å². The lowest BCUT2D eigenvalue weighted by atomic mass is 9.92. The first kappa shape index (κ1) is 20.4. The molecule has 4 unspecified atom stereocenters. The number of hydrogen-bond acceptors (Lipinski definition) is 11. The third-order valence-electron chi connectivity index (χ3n) is 6.31. The molecule has 13 heteroatoms. The third kappa shape index (κ3) is 2.77. The van der Waals surface area contributed by atoms with Gasteiger partial charge in [-0.15, -0.1) is 0 Å². The van der Waals surface area contributed by atoms with E-state index in [1.54, 1.807) is 12.1 Å². The summed E-state index contributed by atoms with van der Waals surface area (Å²) >= 11 is 0. The fourth-order valence-electron chi connectivity index (χ4n) is 4.89. The number of benzene rings is 1. The number of nitrogen functional groups attached to an aromatic ring is 1. The van der Waals surface area contributed by atoms with Gasteiger partial charge in [-0.05, 0) is 24.1 Å². The second-order valence-electron chi connectivity index (χ2n) is 8.16. The molecule has 2 aromatic heterocycles. The Hall–Kier alpha value is -4.23. The van der Waals surface area contributed by atoms with Gasteiger partial charge in [-0.1, -0.05) is 0 Å². The molecular formula is C21H17N5O8. The zero-order valence-electron chi connectivity index (χ0n) is 17.3. The van der Waals surface area contributed by atoms with Crippen molar-refractivity contribution in [1.29, 1.82) is 0 Å². The number of aryl methyl sites for hydroxylation is 1. The molecule has 3 aliphatic rings. The van der Waals surface area contributed by atoms with Crippen molar-refractivity contribution in [2.75, 3.05) is 16.4 Å². The first-order valence-electron chi connectivity index (χ1n) is 10.4. The van der Waals surface area contributed by atoms with Gasteiger partial charge in [-0.25, -0.2) is 4.79 Å². The van der Waals surface area contributed by atoms with E-state index in [0.717, 1.165) is 0 Å². The van der Waals surface area contributed by atoms with Crippen LogP contribution < -0.4 is 32.3 Å². The highest BCUT2D eigenvalue weighted by Gasteiger charge is 2.53. The van der Waals surface area contributed by atoms with Crippen LogP contribution in [0, 0.1) is 0 Å². The predicted octanol–water partition coefficient (Wildman–Crippen LogP) is -0.213. The van der Waals surface area contributed by atoms with Crippen molar-refractivity contribution in [3.63, 3.8) is 0 Å². The summed E-state index contributed by atoms with van der Waals surface area (Å²) in [7, 11) is 0. The van der Waals surface area contributed by atoms with Crippen molar-refractivity contribution < 1.29 is 28.6 Å². The summed E-state index contributed by atoms with van der Waals surface area (Å²) in [5.74, 6) is -1.01. The highest BCUT2D eigenvalue weighted by molar-refractivity contribution is 6.04. The first-order chi connectivity index (χ1) is 16.4. The van der Waals surface area contributed by atoms with Crippen LogP contribution in [0.5, 0.6) is 5.75 Å². The maximum Gasteiger partial charge on any atom is 0.347 e. The van der Waals surface area contributed by atoms with Gasteiger partial charge in [0.2, 0.25) is 18.6 Å². The number of nitrogens with two attached hydrogens (primary N) is 1. The topological polar surface area (TPSA) is 199 Å². The normalized spacial score (nSPS) is 24.4. The average molecular weight is 467 g/mol. The zero-order chi connectivity index (χ0) is 23.7. The molecular weight excluding hydrogens is 450 g/mol. The molecule has 4 heterocycles. The number of aliphatic hydroxyl groups is 1. The molecule has 0 saturated carbocycles. The number of Topliss-reactive ketones (excluding diaryl/α,β-unsaturated/α-hetero) is 1. The molecule has 1 aliphatic carbocycles. The number of aromatic nitrogens is 2. The molecule has 0 bridgehead atoms. The molecule has 174 valence electrons. The number of H-pyrrole nitrogens is 1. The molecule has 3 aromatic rings. The standard InChI is InChI=1S/C21H17N5O8/c22-21-25-16(23-5-27)13(17(30)26-21)24-18-14(29)12-11-9(32-20(12)34-18)4-2-7-6-1-3-8(28)10(6)19(31)33-15(7)11/h2,4-5,12,14,18,20,24,29H,1,3H2,(H4,22,23,25,26,27,30). The number of rotatable bonds is 4. The highest BCUT2D eigenvalue weighted by Crippen LogP contribution is 2.50. The molecule has 0 spiro atoms. The number of nitrogens with zero attached hydrogens (tertiary/aromatic N) is 1. The second-order valence-corrected chi connectivity index (χ2v) is 8.16. The summed E-state index contributed by atoms with van der Waals surface area (Å²) in [5, 5.41) is 16.7. The lowest BCUT2D eigenvalue weighted by Crippen LogP contribution is -2.35. The van der Waals surface area contributed by atoms with E-state index < -0.39 is 35.7 Å². The smallest absolute Gasteiger partial charge is 0.347 e. The largest absolute Gasteiger partial charge is 0.464 e. The summed E-state index contributed by atoms with van der Waals surface area (Å²) < 4.78 is 17.2. The number of ether oxygens (including phenoxy) is 2. The average Bonchev–Trinajstić information content (AvgIpc) is 3.44. The zero-order valence-corrected chi connectivity index (χ0v) is 17.3. The fraction of sp³-hybridized carbons (Fsp3) is 0.286. The molecule has 1 fully saturated rings. The van der Waals surface area contributed by atoms with Gasteiger partial charge in [0.25, 0.3) is 5.56 Å². The number of aromatic amines is 1. The van der Waals surface area contributed by atoms with E-state index >= 15 is 0 Å². The van der Waals surface area contributed by atoms with Crippen LogP contribution >= 0.6 is 0 Å². The lowest BCUT2D eigenvalue weighted by Gasteiger charge is -2.20. The Bertz CT molecular complexity index is 1510. The molecule has 4 atom stereocenters. The minimum Gasteiger partial charge on any atom is -0.464 e. The molecule has 6 rings (SSSR count). The lowest BCUT2D eigenvalue weighted by molar-refractivity contribution is -0.105. The van der Waals surface area contributed by atoms with Crippen molar-refractivity contribution in [3.8, 4) is 5.75 Å². The molecule has 1 saturated heterocycles. The van der Waals surface area contributed by atoms with Crippen LogP contribution in [0.1, 0.15) is 33.8 Å². The molecule has 1 aromatic carbocycles. The van der Waals surface area contributed by atoms with Crippen molar-refractivity contribution in [2.24, 2.45) is 0 Å². The van der Waals surface area contributed by atoms with E-state index in [1.165, 1.54) is 0 Å². The van der Waals surface area contributed by atoms with E-state index in [0.29, 0.717) is 35.1 Å². The van der Waals surface area contributed by atoms with Crippen LogP contribution in [-0.4, -0.2) is 45.9 Å². The van der Waals surface area contributed by atoms with Crippen molar-refractivity contribution in [2.45, 2.75) is 37.4 Å². The van der Waals surface area contributed by atoms with Crippen LogP contribution in [0.2, 0.25) is 0 Å². The SMILES string of the molecule is Nc1nc(NC=O)c(NC2OC3Oc4ccc5c6c(c(=O)oc5c4C3C2O)C(=O)CC6)c(=O)[nH]1. The number of nitrogens with one attached hydrogen (secondary N) is 3. The van der Waals surface area contributed by atoms with Crippen LogP contribution in [0.3, 0.4) is 0 Å². The summed E-state index contributed by atoms with van der Waals surface area (Å²) in [4.78, 5) is 54.1. The Labute approximate surface area is 188 Å². The van der Waals surface area contributed by atoms with Crippen LogP contribution in [-0.2, 0) is 16.0 Å². The minimum absolute atomic E-state index is 0.0657. The van der Waals surface area contributed by atoms with Gasteiger partial charge in [-0.2, -0.15) is 4.98 Å². The van der Waals surface area contributed by atoms with Crippen LogP contribution in [0.4, 0.5) is 17.5 Å². The van der Waals surface area contributed by atoms with E-state index in [1.807, 2.05) is 0 Å². The molecule has 6 N–H and O–H groups in total. The van der Waals surface area contributed by atoms with Gasteiger partial charge in [0, 0.05) is 17.4 Å². The van der Waals surface area contributed by atoms with Crippen molar-refractivity contribution in [1.82, 2.24) is 9.97 Å². The Morgan fingerprint density at radius 2 is 2.06 bits per heavy atom. The fourth-order valence-corrected chi connectivity index (χ4v) is 4.89. The first-order valence-corrected chi connectivity index (χ1v) is 10.4. The number of carbonyl (C=O) groups is 2. The Morgan fingerprint density at radius 1 is 1.24 bits per heavy atom. The van der Waals surface area contributed by atoms with E-state index in [9.17, 15) is 24.3 Å². The van der Waals surface area contributed by atoms with Crippen molar-refractivity contribution >= 4 is 40.6 Å². The Kier molecular flexibility index (Phi) is 4.28. The quantitative estimate of drug-likeness (QED) is 0.251. The van der Waals surface area contributed by atoms with E-state index in [4.69, 9.17) is 19.6 Å². The number of amides is 1. The third-order valence-corrected chi connectivity index (χ3v) is 6.31. The summed E-state index contributed by atoms with van der Waals surface area (Å²) in [6.07, 6.45) is -2.36. The van der Waals surface area contributed by atoms with Gasteiger partial charge < -0.3 is 35.4 Å². The minimum atomic E-state index is -1.25. The Morgan fingerprint density at radius 3 is 2.85 bits per heavy atom. The predicted molar refractivity (Wildman–Crippen MR) is 116 cm³/mol. The summed E-state index contributed by atoms with van der Waals surface area (Å²) in [6.45, 7) is 0. The number of aliphatic hydroxyl groups excluding tert-OH is 1. The molecule has 0 radical (unpaired) electrons. The number of fused-ring (bicyclic) bond motifs is 7. The molecule has 34 heavy (non-hydrogen) atoms. The van der Waals surface area contributed by atoms with Gasteiger partial charge in [0.05, 0.1) is 5.92 Å². The number of anilines is 3. The molecule has 2 aliphatic heterocycles. The van der Waals surface area contributed by atoms with Gasteiger partial charge in [-0.3, -0.25) is 19.4 Å². The number of carbonyl (C=O) groups excluding carboxylic acids is 2. The van der Waals surface area contributed by atoms with Crippen LogP contribution in [0.25, 0.3) is 11.0 Å². The molecule has 1 amide bonds. The van der Waals surface area contributed by atoms with Gasteiger partial charge >= 0.3 is 5.63 Å². The van der Waals surface area contributed by atoms with E-state index in [-0.39, 0.29) is 40.8 Å². The maximum atomic E-state index is 12.6. The van der Waals surface area contributed by atoms with Crippen molar-refractivity contribution in [3.05, 3.63) is 49.6 Å². The Balaban J connectivity index is 1.40. The summed E-state index contributed by atoms with van der Waals surface area (Å²) in [5.41, 5.74) is 5.28. The van der Waals surface area contributed by atoms with Gasteiger partial charge in [0.1, 0.15) is 28.7 Å². The number of ketones is 1. The van der Waals surface area contributed by atoms with E-state index in [2.05, 4.69) is 20.6 Å². The molecule has 13 nitrogen and oxygen atoms in total. The van der Waals surface area contributed by atoms with Crippen LogP contribution in [0.15, 0.2) is 26.1 Å². The highest BCUT2D eigenvalue weighted by atomic mass is 16.7. The summed E-state index contributed by atoms with van der Waals surface area (Å²) in [6, 6.07) is 3.40. The number of hydrogen-bond donors (Lipinski definition) is 5. The monoisotopic (exact) mass is 467 g/mol. The second kappa shape index (κ2) is 7.13. The maximum absolute atomic E-state index is 12.6.